The third-order valence-corrected chi connectivity index (χ3v) is 5.80. The van der Waals surface area contributed by atoms with E-state index in [9.17, 15) is 19.2 Å². The predicted octanol–water partition coefficient (Wildman–Crippen LogP) is 2.10. The highest BCUT2D eigenvalue weighted by molar-refractivity contribution is 7.99. The van der Waals surface area contributed by atoms with E-state index < -0.39 is 54.2 Å². The lowest BCUT2D eigenvalue weighted by atomic mass is 10.1. The van der Waals surface area contributed by atoms with Gasteiger partial charge in [-0.2, -0.15) is 0 Å². The number of H-pyrrole nitrogens is 1. The minimum atomic E-state index is -1.32. The van der Waals surface area contributed by atoms with Gasteiger partial charge in [-0.3, -0.25) is 19.2 Å². The molecular weight excluding hydrogens is 488 g/mol. The van der Waals surface area contributed by atoms with Crippen molar-refractivity contribution in [3.63, 3.8) is 0 Å². The van der Waals surface area contributed by atoms with Crippen LogP contribution in [0.25, 0.3) is 11.2 Å². The highest BCUT2D eigenvalue weighted by atomic mass is 32.2. The number of aromatic nitrogens is 4. The minimum absolute atomic E-state index is 0.265. The molecule has 0 bridgehead atoms. The summed E-state index contributed by atoms with van der Waals surface area (Å²) < 4.78 is 23.4. The maximum absolute atomic E-state index is 12.1. The zero-order valence-corrected chi connectivity index (χ0v) is 20.9. The standard InChI is InChI=1S/C20H26N4O8S2/c1-6-34-20(24-9-23-15-18(24)21-8-22-19(15)33)17(32-13(5)28)16(31-12(4)27)14(30-11(3)26)7-29-10(2)25/h8-9,14,16-17,20H,6-7H2,1-5H3,(H,21,22,33)/t14-,16-,17+,20-/m1/s1. The smallest absolute Gasteiger partial charge is 0.303 e. The van der Waals surface area contributed by atoms with E-state index in [-0.39, 0.29) is 4.64 Å². The second-order valence-electron chi connectivity index (χ2n) is 7.00. The number of carbonyl (C=O) groups is 4. The largest absolute Gasteiger partial charge is 0.462 e. The number of ether oxygens (including phenoxy) is 4. The molecule has 0 fully saturated rings. The quantitative estimate of drug-likeness (QED) is 0.265. The van der Waals surface area contributed by atoms with Crippen molar-refractivity contribution in [2.45, 2.75) is 58.3 Å². The van der Waals surface area contributed by atoms with Crippen LogP contribution in [0.2, 0.25) is 0 Å². The highest BCUT2D eigenvalue weighted by Crippen LogP contribution is 2.35. The summed E-state index contributed by atoms with van der Waals surface area (Å²) in [7, 11) is 0. The predicted molar refractivity (Wildman–Crippen MR) is 123 cm³/mol. The Balaban J connectivity index is 2.65. The molecule has 14 heteroatoms. The summed E-state index contributed by atoms with van der Waals surface area (Å²) in [6, 6.07) is 0. The van der Waals surface area contributed by atoms with Gasteiger partial charge in [0.15, 0.2) is 23.0 Å². The maximum atomic E-state index is 12.1. The van der Waals surface area contributed by atoms with E-state index in [1.165, 1.54) is 38.3 Å². The first-order valence-electron chi connectivity index (χ1n) is 10.2. The van der Waals surface area contributed by atoms with E-state index >= 15 is 0 Å². The van der Waals surface area contributed by atoms with Gasteiger partial charge >= 0.3 is 23.9 Å². The fraction of sp³-hybridized carbons (Fsp3) is 0.550. The van der Waals surface area contributed by atoms with E-state index in [0.717, 1.165) is 13.8 Å². The van der Waals surface area contributed by atoms with Crippen LogP contribution in [0.15, 0.2) is 12.7 Å². The Kier molecular flexibility index (Phi) is 9.98. The van der Waals surface area contributed by atoms with Crippen LogP contribution in [0.1, 0.15) is 40.0 Å². The lowest BCUT2D eigenvalue weighted by molar-refractivity contribution is -0.190. The Labute approximate surface area is 204 Å². The van der Waals surface area contributed by atoms with Gasteiger partial charge in [-0.25, -0.2) is 9.97 Å². The molecule has 0 aliphatic rings. The molecule has 2 aromatic rings. The Morgan fingerprint density at radius 3 is 2.18 bits per heavy atom. The second-order valence-corrected chi connectivity index (χ2v) is 8.78. The Bertz CT molecular complexity index is 1100. The number of aromatic amines is 1. The van der Waals surface area contributed by atoms with Crippen molar-refractivity contribution < 1.29 is 38.1 Å². The van der Waals surface area contributed by atoms with Crippen LogP contribution in [-0.4, -0.2) is 74.1 Å². The lowest BCUT2D eigenvalue weighted by Gasteiger charge is -2.36. The summed E-state index contributed by atoms with van der Waals surface area (Å²) in [5.41, 5.74) is 0.912. The van der Waals surface area contributed by atoms with Crippen molar-refractivity contribution >= 4 is 59.0 Å². The van der Waals surface area contributed by atoms with E-state index in [4.69, 9.17) is 31.2 Å². The number of esters is 4. The number of carbonyl (C=O) groups excluding carboxylic acids is 4. The number of imidazole rings is 1. The van der Waals surface area contributed by atoms with Crippen LogP contribution < -0.4 is 0 Å². The minimum Gasteiger partial charge on any atom is -0.462 e. The van der Waals surface area contributed by atoms with Crippen molar-refractivity contribution in [2.75, 3.05) is 12.4 Å². The number of nitrogens with one attached hydrogen (secondary N) is 1. The van der Waals surface area contributed by atoms with Gasteiger partial charge in [0, 0.05) is 27.7 Å². The topological polar surface area (TPSA) is 152 Å². The molecule has 34 heavy (non-hydrogen) atoms. The first-order valence-corrected chi connectivity index (χ1v) is 11.7. The van der Waals surface area contributed by atoms with Gasteiger partial charge in [0.25, 0.3) is 0 Å². The fourth-order valence-electron chi connectivity index (χ4n) is 3.20. The summed E-state index contributed by atoms with van der Waals surface area (Å²) in [6.07, 6.45) is -0.872. The summed E-state index contributed by atoms with van der Waals surface area (Å²) >= 11 is 6.59. The number of hydrogen-bond donors (Lipinski definition) is 1. The molecule has 0 amide bonds. The first-order chi connectivity index (χ1) is 16.0. The van der Waals surface area contributed by atoms with Gasteiger partial charge in [0.1, 0.15) is 23.1 Å². The van der Waals surface area contributed by atoms with E-state index in [2.05, 4.69) is 15.0 Å². The van der Waals surface area contributed by atoms with Crippen LogP contribution in [-0.2, 0) is 38.1 Å². The van der Waals surface area contributed by atoms with Crippen LogP contribution in [0, 0.1) is 4.64 Å². The molecule has 12 nitrogen and oxygen atoms in total. The third kappa shape index (κ3) is 7.25. The van der Waals surface area contributed by atoms with Gasteiger partial charge in [-0.05, 0) is 5.75 Å². The number of nitrogens with zero attached hydrogens (tertiary/aromatic N) is 3. The van der Waals surface area contributed by atoms with Crippen molar-refractivity contribution in [1.29, 1.82) is 0 Å². The number of rotatable bonds is 11. The average molecular weight is 515 g/mol. The summed E-state index contributed by atoms with van der Waals surface area (Å²) in [6.45, 7) is 6.15. The third-order valence-electron chi connectivity index (χ3n) is 4.33. The monoisotopic (exact) mass is 514 g/mol. The molecule has 0 aliphatic carbocycles. The van der Waals surface area contributed by atoms with Crippen molar-refractivity contribution in [1.82, 2.24) is 19.5 Å². The van der Waals surface area contributed by atoms with E-state index in [0.29, 0.717) is 16.9 Å². The number of fused-ring (bicyclic) bond motifs is 1. The molecule has 0 saturated heterocycles. The molecule has 186 valence electrons. The number of hydrogen-bond acceptors (Lipinski definition) is 12. The van der Waals surface area contributed by atoms with Gasteiger partial charge in [0.2, 0.25) is 0 Å². The zero-order chi connectivity index (χ0) is 25.4. The lowest BCUT2D eigenvalue weighted by Crippen LogP contribution is -2.50. The Morgan fingerprint density at radius 1 is 1.00 bits per heavy atom. The SMILES string of the molecule is CCS[C@H]([C@@H](OC(C)=O)[C@H](OC(C)=O)[C@@H](COC(C)=O)OC(C)=O)n1cnc2c(=S)nc[nH]c21. The van der Waals surface area contributed by atoms with Gasteiger partial charge < -0.3 is 28.5 Å². The molecule has 0 aromatic carbocycles. The van der Waals surface area contributed by atoms with Crippen molar-refractivity contribution in [3.8, 4) is 0 Å². The Morgan fingerprint density at radius 2 is 1.62 bits per heavy atom. The van der Waals surface area contributed by atoms with Gasteiger partial charge in [-0.15, -0.1) is 11.8 Å². The number of thioether (sulfide) groups is 1. The van der Waals surface area contributed by atoms with Crippen LogP contribution >= 0.6 is 24.0 Å². The molecule has 0 unspecified atom stereocenters. The molecule has 0 aliphatic heterocycles. The van der Waals surface area contributed by atoms with Gasteiger partial charge in [0.05, 0.1) is 12.7 Å². The summed E-state index contributed by atoms with van der Waals surface area (Å²) in [4.78, 5) is 58.7. The van der Waals surface area contributed by atoms with Crippen LogP contribution in [0.4, 0.5) is 0 Å². The molecule has 2 aromatic heterocycles. The summed E-state index contributed by atoms with van der Waals surface area (Å²) in [5.74, 6) is -2.18. The molecule has 0 spiro atoms. The molecule has 0 radical (unpaired) electrons. The zero-order valence-electron chi connectivity index (χ0n) is 19.3. The highest BCUT2D eigenvalue weighted by Gasteiger charge is 2.43. The van der Waals surface area contributed by atoms with E-state index in [1.54, 1.807) is 4.57 Å². The molecule has 4 atom stereocenters. The van der Waals surface area contributed by atoms with Crippen molar-refractivity contribution in [3.05, 3.63) is 17.3 Å². The van der Waals surface area contributed by atoms with Crippen LogP contribution in [0.5, 0.6) is 0 Å². The normalized spacial score (nSPS) is 14.5. The van der Waals surface area contributed by atoms with Crippen LogP contribution in [0.3, 0.4) is 0 Å². The summed E-state index contributed by atoms with van der Waals surface area (Å²) in [5, 5.41) is -0.716. The fourth-order valence-corrected chi connectivity index (χ4v) is 4.47. The first kappa shape index (κ1) is 27.2. The molecule has 0 saturated carbocycles. The molecule has 2 rings (SSSR count). The second kappa shape index (κ2) is 12.5. The maximum Gasteiger partial charge on any atom is 0.303 e. The molecule has 1 N–H and O–H groups in total. The Hall–Kier alpha value is -3.00. The van der Waals surface area contributed by atoms with Gasteiger partial charge in [-0.1, -0.05) is 19.1 Å². The average Bonchev–Trinajstić information content (AvgIpc) is 3.16. The van der Waals surface area contributed by atoms with Crippen molar-refractivity contribution in [2.24, 2.45) is 0 Å². The molecular formula is C20H26N4O8S2. The molecule has 2 heterocycles. The van der Waals surface area contributed by atoms with E-state index in [1.807, 2.05) is 6.92 Å².